The number of fused-ring (bicyclic) bond motifs is 1. The van der Waals surface area contributed by atoms with E-state index in [2.05, 4.69) is 20.6 Å². The van der Waals surface area contributed by atoms with E-state index in [0.29, 0.717) is 18.1 Å². The van der Waals surface area contributed by atoms with Gasteiger partial charge in [-0.2, -0.15) is 0 Å². The van der Waals surface area contributed by atoms with Gasteiger partial charge in [0.05, 0.1) is 31.4 Å². The number of anilines is 3. The summed E-state index contributed by atoms with van der Waals surface area (Å²) in [4.78, 5) is 8.94. The number of hydrogen-bond acceptors (Lipinski definition) is 7. The van der Waals surface area contributed by atoms with Gasteiger partial charge < -0.3 is 24.8 Å². The van der Waals surface area contributed by atoms with Crippen molar-refractivity contribution in [2.45, 2.75) is 6.61 Å². The van der Waals surface area contributed by atoms with Crippen LogP contribution in [-0.2, 0) is 6.61 Å². The Balaban J connectivity index is 1.48. The number of nitrogens with one attached hydrogen (secondary N) is 2. The highest BCUT2D eigenvalue weighted by molar-refractivity contribution is 5.81. The van der Waals surface area contributed by atoms with Gasteiger partial charge in [-0.1, -0.05) is 12.1 Å². The van der Waals surface area contributed by atoms with Crippen LogP contribution in [0.4, 0.5) is 17.2 Å². The van der Waals surface area contributed by atoms with Crippen LogP contribution in [0.3, 0.4) is 0 Å². The first-order valence-electron chi connectivity index (χ1n) is 9.84. The lowest BCUT2D eigenvalue weighted by Crippen LogP contribution is -1.99. The third-order valence-corrected chi connectivity index (χ3v) is 4.80. The van der Waals surface area contributed by atoms with Gasteiger partial charge in [0.2, 0.25) is 0 Å². The van der Waals surface area contributed by atoms with E-state index in [-0.39, 0.29) is 0 Å². The number of ether oxygens (including phenoxy) is 3. The minimum atomic E-state index is 0.435. The van der Waals surface area contributed by atoms with Gasteiger partial charge in [-0.05, 0) is 48.0 Å². The summed E-state index contributed by atoms with van der Waals surface area (Å²) in [5.41, 5.74) is 4.48. The first-order chi connectivity index (χ1) is 15.2. The van der Waals surface area contributed by atoms with Crippen LogP contribution in [0, 0.1) is 0 Å². The number of benzene rings is 3. The average molecular weight is 416 g/mol. The van der Waals surface area contributed by atoms with Crippen LogP contribution in [0.2, 0.25) is 0 Å². The first kappa shape index (κ1) is 20.3. The van der Waals surface area contributed by atoms with E-state index >= 15 is 0 Å². The number of nitrogens with zero attached hydrogens (tertiary/aromatic N) is 2. The van der Waals surface area contributed by atoms with Crippen molar-refractivity contribution in [3.8, 4) is 17.2 Å². The molecule has 158 valence electrons. The molecule has 4 aromatic rings. The summed E-state index contributed by atoms with van der Waals surface area (Å²) in [6.45, 7) is 0.435. The second-order valence-electron chi connectivity index (χ2n) is 6.84. The molecule has 0 aliphatic rings. The molecule has 1 aromatic heterocycles. The van der Waals surface area contributed by atoms with E-state index < -0.39 is 0 Å². The summed E-state index contributed by atoms with van der Waals surface area (Å²) >= 11 is 0. The van der Waals surface area contributed by atoms with E-state index in [1.807, 2.05) is 67.7 Å². The van der Waals surface area contributed by atoms with Gasteiger partial charge in [-0.3, -0.25) is 4.98 Å². The summed E-state index contributed by atoms with van der Waals surface area (Å²) in [5, 5.41) is 6.39. The second-order valence-corrected chi connectivity index (χ2v) is 6.84. The molecule has 0 spiro atoms. The van der Waals surface area contributed by atoms with Crippen molar-refractivity contribution in [1.82, 2.24) is 9.97 Å². The lowest BCUT2D eigenvalue weighted by molar-refractivity contribution is 0.284. The molecule has 0 aliphatic heterocycles. The Morgan fingerprint density at radius 3 is 2.32 bits per heavy atom. The normalized spacial score (nSPS) is 10.5. The molecule has 4 rings (SSSR count). The molecular formula is C24H24N4O3. The molecule has 0 amide bonds. The van der Waals surface area contributed by atoms with E-state index in [1.165, 1.54) is 0 Å². The quantitative estimate of drug-likeness (QED) is 0.418. The minimum absolute atomic E-state index is 0.435. The summed E-state index contributed by atoms with van der Waals surface area (Å²) in [7, 11) is 5.10. The summed E-state index contributed by atoms with van der Waals surface area (Å²) in [6.07, 6.45) is 1.71. The molecule has 31 heavy (non-hydrogen) atoms. The molecule has 0 unspecified atom stereocenters. The Morgan fingerprint density at radius 1 is 0.806 bits per heavy atom. The fraction of sp³-hybridized carbons (Fsp3) is 0.167. The fourth-order valence-electron chi connectivity index (χ4n) is 3.12. The zero-order valence-corrected chi connectivity index (χ0v) is 17.7. The van der Waals surface area contributed by atoms with Gasteiger partial charge in [0.15, 0.2) is 11.5 Å². The molecule has 0 radical (unpaired) electrons. The molecule has 0 saturated carbocycles. The summed E-state index contributed by atoms with van der Waals surface area (Å²) in [6, 6.07) is 19.4. The van der Waals surface area contributed by atoms with Crippen LogP contribution >= 0.6 is 0 Å². The largest absolute Gasteiger partial charge is 0.497 e. The Labute approximate surface area is 181 Å². The number of rotatable bonds is 8. The maximum Gasteiger partial charge on any atom is 0.162 e. The highest BCUT2D eigenvalue weighted by Gasteiger charge is 2.08. The van der Waals surface area contributed by atoms with Crippen molar-refractivity contribution < 1.29 is 14.2 Å². The van der Waals surface area contributed by atoms with Crippen LogP contribution in [0.25, 0.3) is 11.0 Å². The molecule has 7 heteroatoms. The summed E-state index contributed by atoms with van der Waals surface area (Å²) < 4.78 is 16.7. The van der Waals surface area contributed by atoms with Gasteiger partial charge >= 0.3 is 0 Å². The lowest BCUT2D eigenvalue weighted by Gasteiger charge is -2.14. The molecule has 3 aromatic carbocycles. The molecule has 0 saturated heterocycles. The lowest BCUT2D eigenvalue weighted by atomic mass is 10.2. The van der Waals surface area contributed by atoms with E-state index in [4.69, 9.17) is 14.2 Å². The van der Waals surface area contributed by atoms with Crippen LogP contribution in [0.15, 0.2) is 66.9 Å². The molecular weight excluding hydrogens is 392 g/mol. The fourth-order valence-corrected chi connectivity index (χ4v) is 3.12. The Kier molecular flexibility index (Phi) is 6.03. The van der Waals surface area contributed by atoms with Crippen LogP contribution in [0.1, 0.15) is 5.56 Å². The van der Waals surface area contributed by atoms with Crippen molar-refractivity contribution in [3.05, 3.63) is 72.4 Å². The standard InChI is InChI=1S/C24H24N4O3/c1-25-24-14-26-20-10-6-17(12-21(20)28-24)27-18-7-11-22(23(13-18)30-3)31-15-16-4-8-19(29-2)9-5-16/h4-14,27H,15H2,1-3H3,(H,25,28). The Morgan fingerprint density at radius 2 is 1.58 bits per heavy atom. The molecule has 0 bridgehead atoms. The number of methoxy groups -OCH3 is 2. The maximum atomic E-state index is 5.96. The predicted octanol–water partition coefficient (Wildman–Crippen LogP) is 5.01. The van der Waals surface area contributed by atoms with E-state index in [0.717, 1.165) is 39.5 Å². The van der Waals surface area contributed by atoms with Gasteiger partial charge in [-0.15, -0.1) is 0 Å². The number of aromatic nitrogens is 2. The highest BCUT2D eigenvalue weighted by atomic mass is 16.5. The third kappa shape index (κ3) is 4.78. The third-order valence-electron chi connectivity index (χ3n) is 4.80. The topological polar surface area (TPSA) is 77.5 Å². The zero-order chi connectivity index (χ0) is 21.6. The van der Waals surface area contributed by atoms with Gasteiger partial charge in [0, 0.05) is 24.5 Å². The smallest absolute Gasteiger partial charge is 0.162 e. The zero-order valence-electron chi connectivity index (χ0n) is 17.7. The molecule has 2 N–H and O–H groups in total. The van der Waals surface area contributed by atoms with Gasteiger partial charge in [-0.25, -0.2) is 4.98 Å². The van der Waals surface area contributed by atoms with E-state index in [9.17, 15) is 0 Å². The SMILES string of the molecule is CNc1cnc2ccc(Nc3ccc(OCc4ccc(OC)cc4)c(OC)c3)cc2n1. The van der Waals surface area contributed by atoms with Crippen molar-refractivity contribution in [1.29, 1.82) is 0 Å². The molecule has 0 aliphatic carbocycles. The molecule has 0 fully saturated rings. The van der Waals surface area contributed by atoms with Crippen molar-refractivity contribution >= 4 is 28.2 Å². The monoisotopic (exact) mass is 416 g/mol. The van der Waals surface area contributed by atoms with Crippen LogP contribution in [0.5, 0.6) is 17.2 Å². The Bertz CT molecular complexity index is 1180. The Hall–Kier alpha value is -4.00. The van der Waals surface area contributed by atoms with Crippen molar-refractivity contribution in [3.63, 3.8) is 0 Å². The molecule has 1 heterocycles. The highest BCUT2D eigenvalue weighted by Crippen LogP contribution is 2.32. The van der Waals surface area contributed by atoms with Crippen molar-refractivity contribution in [2.75, 3.05) is 31.9 Å². The van der Waals surface area contributed by atoms with Crippen molar-refractivity contribution in [2.24, 2.45) is 0 Å². The summed E-state index contributed by atoms with van der Waals surface area (Å²) in [5.74, 6) is 2.87. The molecule has 0 atom stereocenters. The van der Waals surface area contributed by atoms with Crippen LogP contribution < -0.4 is 24.8 Å². The number of hydrogen-bond donors (Lipinski definition) is 2. The van der Waals surface area contributed by atoms with E-state index in [1.54, 1.807) is 20.4 Å². The van der Waals surface area contributed by atoms with Crippen LogP contribution in [-0.4, -0.2) is 31.2 Å². The average Bonchev–Trinajstić information content (AvgIpc) is 2.83. The minimum Gasteiger partial charge on any atom is -0.497 e. The second kappa shape index (κ2) is 9.21. The molecule has 7 nitrogen and oxygen atoms in total. The first-order valence-corrected chi connectivity index (χ1v) is 9.84. The van der Waals surface area contributed by atoms with Gasteiger partial charge in [0.25, 0.3) is 0 Å². The predicted molar refractivity (Wildman–Crippen MR) is 123 cm³/mol. The maximum absolute atomic E-state index is 5.96. The van der Waals surface area contributed by atoms with Gasteiger partial charge in [0.1, 0.15) is 18.2 Å².